The van der Waals surface area contributed by atoms with Gasteiger partial charge in [0.15, 0.2) is 0 Å². The number of phenols is 1. The number of hydrogen-bond donors (Lipinski definition) is 2. The van der Waals surface area contributed by atoms with E-state index in [0.29, 0.717) is 11.1 Å². The zero-order valence-electron chi connectivity index (χ0n) is 20.8. The molecule has 4 aromatic carbocycles. The molecule has 1 amide bonds. The lowest BCUT2D eigenvalue weighted by atomic mass is 10.0. The van der Waals surface area contributed by atoms with Gasteiger partial charge in [-0.1, -0.05) is 54.6 Å². The van der Waals surface area contributed by atoms with Crippen LogP contribution in [0.5, 0.6) is 11.5 Å². The monoisotopic (exact) mass is 494 g/mol. The highest BCUT2D eigenvalue weighted by atomic mass is 16.5. The molecule has 0 bridgehead atoms. The highest BCUT2D eigenvalue weighted by Gasteiger charge is 2.19. The molecule has 7 heteroatoms. The molecule has 1 fully saturated rings. The molecule has 37 heavy (non-hydrogen) atoms. The number of carbonyl (C=O) groups excluding carboxylic acids is 1. The van der Waals surface area contributed by atoms with Gasteiger partial charge in [0.25, 0.3) is 5.91 Å². The van der Waals surface area contributed by atoms with Crippen LogP contribution in [0.15, 0.2) is 90.0 Å². The van der Waals surface area contributed by atoms with E-state index >= 15 is 0 Å². The van der Waals surface area contributed by atoms with Crippen molar-refractivity contribution in [2.45, 2.75) is 6.54 Å². The number of benzene rings is 4. The van der Waals surface area contributed by atoms with Crippen LogP contribution in [0.1, 0.15) is 21.5 Å². The summed E-state index contributed by atoms with van der Waals surface area (Å²) in [5.74, 6) is 0.723. The Morgan fingerprint density at radius 3 is 2.46 bits per heavy atom. The van der Waals surface area contributed by atoms with Crippen molar-refractivity contribution < 1.29 is 14.6 Å². The van der Waals surface area contributed by atoms with Crippen molar-refractivity contribution in [3.63, 3.8) is 0 Å². The summed E-state index contributed by atoms with van der Waals surface area (Å²) in [7, 11) is 1.71. The third-order valence-electron chi connectivity index (χ3n) is 6.73. The second-order valence-corrected chi connectivity index (χ2v) is 9.05. The highest BCUT2D eigenvalue weighted by Crippen LogP contribution is 2.28. The van der Waals surface area contributed by atoms with E-state index in [1.54, 1.807) is 13.2 Å². The van der Waals surface area contributed by atoms with Gasteiger partial charge in [-0.25, -0.2) is 5.43 Å². The molecule has 1 aliphatic heterocycles. The highest BCUT2D eigenvalue weighted by molar-refractivity contribution is 6.03. The van der Waals surface area contributed by atoms with Crippen molar-refractivity contribution in [2.24, 2.45) is 5.10 Å². The first-order valence-corrected chi connectivity index (χ1v) is 12.4. The Morgan fingerprint density at radius 1 is 0.946 bits per heavy atom. The number of ether oxygens (including phenoxy) is 1. The Hall–Kier alpha value is -4.36. The summed E-state index contributed by atoms with van der Waals surface area (Å²) in [6.45, 7) is 4.61. The second kappa shape index (κ2) is 11.1. The van der Waals surface area contributed by atoms with Crippen molar-refractivity contribution in [1.82, 2.24) is 10.3 Å². The number of piperazine rings is 1. The molecule has 2 N–H and O–H groups in total. The minimum absolute atomic E-state index is 0.116. The number of hydrogen-bond acceptors (Lipinski definition) is 6. The van der Waals surface area contributed by atoms with Crippen LogP contribution in [0, 0.1) is 0 Å². The molecule has 188 valence electrons. The molecular weight excluding hydrogens is 464 g/mol. The van der Waals surface area contributed by atoms with Crippen molar-refractivity contribution >= 4 is 28.6 Å². The maximum Gasteiger partial charge on any atom is 0.271 e. The van der Waals surface area contributed by atoms with E-state index in [1.165, 1.54) is 6.21 Å². The Morgan fingerprint density at radius 2 is 1.68 bits per heavy atom. The van der Waals surface area contributed by atoms with E-state index in [-0.39, 0.29) is 11.7 Å². The lowest BCUT2D eigenvalue weighted by Crippen LogP contribution is -2.46. The maximum atomic E-state index is 12.6. The van der Waals surface area contributed by atoms with Crippen molar-refractivity contribution in [2.75, 3.05) is 38.2 Å². The van der Waals surface area contributed by atoms with Crippen LogP contribution < -0.4 is 15.1 Å². The van der Waals surface area contributed by atoms with Crippen LogP contribution in [-0.2, 0) is 6.54 Å². The number of amides is 1. The molecule has 5 rings (SSSR count). The SMILES string of the molecule is COc1ccccc1N1CCN(Cc2ccc(C(=O)N/N=C\c3c(O)ccc4ccccc34)cc2)CC1. The van der Waals surface area contributed by atoms with Gasteiger partial charge in [0.05, 0.1) is 19.0 Å². The van der Waals surface area contributed by atoms with Crippen molar-refractivity contribution in [3.8, 4) is 11.5 Å². The number of aromatic hydroxyl groups is 1. The van der Waals surface area contributed by atoms with Crippen LogP contribution >= 0.6 is 0 Å². The van der Waals surface area contributed by atoms with Crippen molar-refractivity contribution in [1.29, 1.82) is 0 Å². The number of fused-ring (bicyclic) bond motifs is 1. The maximum absolute atomic E-state index is 12.6. The summed E-state index contributed by atoms with van der Waals surface area (Å²) in [4.78, 5) is 17.4. The molecule has 0 unspecified atom stereocenters. The van der Waals surface area contributed by atoms with E-state index in [9.17, 15) is 9.90 Å². The Bertz CT molecular complexity index is 1410. The summed E-state index contributed by atoms with van der Waals surface area (Å²) in [5, 5.41) is 16.2. The summed E-state index contributed by atoms with van der Waals surface area (Å²) >= 11 is 0. The van der Waals surface area contributed by atoms with E-state index in [4.69, 9.17) is 4.74 Å². The van der Waals surface area contributed by atoms with Crippen LogP contribution in [0.2, 0.25) is 0 Å². The smallest absolute Gasteiger partial charge is 0.271 e. The van der Waals surface area contributed by atoms with Crippen LogP contribution in [0.25, 0.3) is 10.8 Å². The summed E-state index contributed by atoms with van der Waals surface area (Å²) in [6.07, 6.45) is 1.48. The van der Waals surface area contributed by atoms with Gasteiger partial charge in [-0.3, -0.25) is 9.69 Å². The molecule has 0 saturated carbocycles. The third kappa shape index (κ3) is 5.57. The van der Waals surface area contributed by atoms with E-state index < -0.39 is 0 Å². The summed E-state index contributed by atoms with van der Waals surface area (Å²) < 4.78 is 5.51. The summed E-state index contributed by atoms with van der Waals surface area (Å²) in [5.41, 5.74) is 5.96. The van der Waals surface area contributed by atoms with Gasteiger partial charge < -0.3 is 14.7 Å². The average Bonchev–Trinajstić information content (AvgIpc) is 2.95. The topological polar surface area (TPSA) is 77.4 Å². The van der Waals surface area contributed by atoms with Gasteiger partial charge >= 0.3 is 0 Å². The molecule has 0 aliphatic carbocycles. The molecule has 1 heterocycles. The molecule has 0 spiro atoms. The molecule has 0 radical (unpaired) electrons. The van der Waals surface area contributed by atoms with Gasteiger partial charge in [-0.2, -0.15) is 5.10 Å². The largest absolute Gasteiger partial charge is 0.507 e. The van der Waals surface area contributed by atoms with Crippen LogP contribution in [0.4, 0.5) is 5.69 Å². The van der Waals surface area contributed by atoms with Crippen LogP contribution in [0.3, 0.4) is 0 Å². The minimum Gasteiger partial charge on any atom is -0.507 e. The predicted octanol–water partition coefficient (Wildman–Crippen LogP) is 4.64. The summed E-state index contributed by atoms with van der Waals surface area (Å²) in [6, 6.07) is 26.9. The normalized spacial score (nSPS) is 14.2. The Balaban J connectivity index is 1.15. The molecule has 0 aromatic heterocycles. The van der Waals surface area contributed by atoms with E-state index in [0.717, 1.165) is 60.5 Å². The number of nitrogens with one attached hydrogen (secondary N) is 1. The molecule has 7 nitrogen and oxygen atoms in total. The zero-order chi connectivity index (χ0) is 25.6. The zero-order valence-corrected chi connectivity index (χ0v) is 20.8. The Labute approximate surface area is 216 Å². The first-order valence-electron chi connectivity index (χ1n) is 12.4. The van der Waals surface area contributed by atoms with Crippen molar-refractivity contribution in [3.05, 3.63) is 102 Å². The molecule has 4 aromatic rings. The number of methoxy groups -OCH3 is 1. The lowest BCUT2D eigenvalue weighted by molar-refractivity contribution is 0.0955. The average molecular weight is 495 g/mol. The van der Waals surface area contributed by atoms with E-state index in [2.05, 4.69) is 26.4 Å². The lowest BCUT2D eigenvalue weighted by Gasteiger charge is -2.36. The standard InChI is InChI=1S/C30H30N4O3/c1-37-29-9-5-4-8-27(29)34-18-16-33(17-19-34)21-22-10-12-24(13-11-22)30(36)32-31-20-26-25-7-3-2-6-23(25)14-15-28(26)35/h2-15,20,35H,16-19,21H2,1H3,(H,32,36)/b31-20-. The minimum atomic E-state index is -0.298. The number of para-hydroxylation sites is 2. The number of hydrazone groups is 1. The first-order chi connectivity index (χ1) is 18.1. The number of carbonyl (C=O) groups is 1. The number of phenolic OH excluding ortho intramolecular Hbond substituents is 1. The third-order valence-corrected chi connectivity index (χ3v) is 6.73. The fourth-order valence-electron chi connectivity index (χ4n) is 4.70. The van der Waals surface area contributed by atoms with Crippen LogP contribution in [-0.4, -0.2) is 55.4 Å². The van der Waals surface area contributed by atoms with Gasteiger partial charge in [0, 0.05) is 43.9 Å². The fraction of sp³-hybridized carbons (Fsp3) is 0.200. The Kier molecular flexibility index (Phi) is 7.33. The van der Waals surface area contributed by atoms with Gasteiger partial charge in [0.1, 0.15) is 11.5 Å². The van der Waals surface area contributed by atoms with Gasteiger partial charge in [-0.05, 0) is 46.7 Å². The molecule has 1 aliphatic rings. The fourth-order valence-corrected chi connectivity index (χ4v) is 4.70. The number of nitrogens with zero attached hydrogens (tertiary/aromatic N) is 3. The number of rotatable bonds is 7. The first kappa shape index (κ1) is 24.3. The quantitative estimate of drug-likeness (QED) is 0.289. The van der Waals surface area contributed by atoms with E-state index in [1.807, 2.05) is 72.8 Å². The van der Waals surface area contributed by atoms with Gasteiger partial charge in [-0.15, -0.1) is 0 Å². The second-order valence-electron chi connectivity index (χ2n) is 9.05. The van der Waals surface area contributed by atoms with Gasteiger partial charge in [0.2, 0.25) is 0 Å². The molecule has 0 atom stereocenters. The molecule has 1 saturated heterocycles. The molecular formula is C30H30N4O3. The number of anilines is 1. The predicted molar refractivity (Wildman–Crippen MR) is 148 cm³/mol.